The second kappa shape index (κ2) is 6.78. The molecule has 3 nitrogen and oxygen atoms in total. The monoisotopic (exact) mass is 259 g/mol. The summed E-state index contributed by atoms with van der Waals surface area (Å²) in [4.78, 5) is 0. The summed E-state index contributed by atoms with van der Waals surface area (Å²) >= 11 is 0. The highest BCUT2D eigenvalue weighted by molar-refractivity contribution is 5.22. The van der Waals surface area contributed by atoms with E-state index in [-0.39, 0.29) is 18.2 Å². The van der Waals surface area contributed by atoms with Crippen LogP contribution >= 0.6 is 0 Å². The standard InChI is InChI=1S/C13H19F2NO2/c1-8(6-9(2)17)16-7-12(18)13-10(14)4-3-5-11(13)15/h3-5,8-9,12,16-18H,6-7H2,1-2H3. The van der Waals surface area contributed by atoms with E-state index in [9.17, 15) is 19.0 Å². The Bertz CT molecular complexity index is 365. The second-order valence-corrected chi connectivity index (χ2v) is 4.55. The average Bonchev–Trinajstić information content (AvgIpc) is 2.25. The number of benzene rings is 1. The first-order valence-corrected chi connectivity index (χ1v) is 5.95. The average molecular weight is 259 g/mol. The van der Waals surface area contributed by atoms with Crippen LogP contribution in [0.3, 0.4) is 0 Å². The van der Waals surface area contributed by atoms with E-state index in [2.05, 4.69) is 5.32 Å². The lowest BCUT2D eigenvalue weighted by atomic mass is 10.1. The highest BCUT2D eigenvalue weighted by Crippen LogP contribution is 2.20. The summed E-state index contributed by atoms with van der Waals surface area (Å²) in [7, 11) is 0. The van der Waals surface area contributed by atoms with Gasteiger partial charge in [0.2, 0.25) is 0 Å². The number of nitrogens with one attached hydrogen (secondary N) is 1. The largest absolute Gasteiger partial charge is 0.393 e. The van der Waals surface area contributed by atoms with Gasteiger partial charge in [0.15, 0.2) is 0 Å². The molecule has 0 aromatic heterocycles. The molecule has 1 aromatic carbocycles. The SMILES string of the molecule is CC(O)CC(C)NCC(O)c1c(F)cccc1F. The van der Waals surface area contributed by atoms with Gasteiger partial charge in [-0.1, -0.05) is 6.07 Å². The van der Waals surface area contributed by atoms with Crippen LogP contribution in [-0.4, -0.2) is 28.9 Å². The van der Waals surface area contributed by atoms with E-state index in [1.807, 2.05) is 6.92 Å². The molecule has 0 aliphatic heterocycles. The Kier molecular flexibility index (Phi) is 5.65. The lowest BCUT2D eigenvalue weighted by Gasteiger charge is -2.19. The molecule has 0 aliphatic carbocycles. The minimum atomic E-state index is -1.25. The molecule has 1 rings (SSSR count). The van der Waals surface area contributed by atoms with Gasteiger partial charge in [-0.15, -0.1) is 0 Å². The number of hydrogen-bond donors (Lipinski definition) is 3. The Morgan fingerprint density at radius 1 is 1.17 bits per heavy atom. The summed E-state index contributed by atoms with van der Waals surface area (Å²) in [6.45, 7) is 3.52. The first kappa shape index (κ1) is 15.0. The zero-order chi connectivity index (χ0) is 13.7. The molecule has 3 N–H and O–H groups in total. The van der Waals surface area contributed by atoms with Crippen LogP contribution in [0.5, 0.6) is 0 Å². The van der Waals surface area contributed by atoms with Crippen molar-refractivity contribution >= 4 is 0 Å². The topological polar surface area (TPSA) is 52.5 Å². The van der Waals surface area contributed by atoms with Gasteiger partial charge in [-0.25, -0.2) is 8.78 Å². The molecular weight excluding hydrogens is 240 g/mol. The third kappa shape index (κ3) is 4.33. The molecule has 0 spiro atoms. The van der Waals surface area contributed by atoms with Crippen LogP contribution in [0.1, 0.15) is 31.9 Å². The van der Waals surface area contributed by atoms with E-state index in [1.54, 1.807) is 6.92 Å². The molecule has 3 unspecified atom stereocenters. The fourth-order valence-corrected chi connectivity index (χ4v) is 1.84. The Hall–Kier alpha value is -1.04. The summed E-state index contributed by atoms with van der Waals surface area (Å²) < 4.78 is 26.7. The summed E-state index contributed by atoms with van der Waals surface area (Å²) in [5.41, 5.74) is -0.325. The summed E-state index contributed by atoms with van der Waals surface area (Å²) in [5, 5.41) is 21.9. The maximum Gasteiger partial charge on any atom is 0.131 e. The number of aliphatic hydroxyl groups excluding tert-OH is 2. The van der Waals surface area contributed by atoms with Gasteiger partial charge in [-0.2, -0.15) is 0 Å². The van der Waals surface area contributed by atoms with Crippen LogP contribution in [0.4, 0.5) is 8.78 Å². The van der Waals surface area contributed by atoms with Gasteiger partial charge in [0, 0.05) is 12.6 Å². The summed E-state index contributed by atoms with van der Waals surface area (Å²) in [6, 6.07) is 3.43. The first-order valence-electron chi connectivity index (χ1n) is 5.95. The molecule has 18 heavy (non-hydrogen) atoms. The Balaban J connectivity index is 2.58. The first-order chi connectivity index (χ1) is 8.41. The maximum absolute atomic E-state index is 13.4. The molecule has 3 atom stereocenters. The normalized spacial score (nSPS) is 16.3. The summed E-state index contributed by atoms with van der Waals surface area (Å²) in [6.07, 6.45) is -1.20. The van der Waals surface area contributed by atoms with Crippen molar-refractivity contribution in [2.24, 2.45) is 0 Å². The highest BCUT2D eigenvalue weighted by Gasteiger charge is 2.18. The highest BCUT2D eigenvalue weighted by atomic mass is 19.1. The van der Waals surface area contributed by atoms with Gasteiger partial charge >= 0.3 is 0 Å². The molecule has 0 heterocycles. The van der Waals surface area contributed by atoms with Crippen LogP contribution in [0.15, 0.2) is 18.2 Å². The van der Waals surface area contributed by atoms with Crippen LogP contribution < -0.4 is 5.32 Å². The fraction of sp³-hybridized carbons (Fsp3) is 0.538. The molecule has 0 saturated carbocycles. The smallest absolute Gasteiger partial charge is 0.131 e. The molecule has 102 valence electrons. The predicted octanol–water partition coefficient (Wildman–Crippen LogP) is 1.75. The van der Waals surface area contributed by atoms with Crippen molar-refractivity contribution in [2.45, 2.75) is 38.5 Å². The third-order valence-corrected chi connectivity index (χ3v) is 2.69. The van der Waals surface area contributed by atoms with Crippen molar-refractivity contribution in [3.63, 3.8) is 0 Å². The van der Waals surface area contributed by atoms with E-state index in [0.29, 0.717) is 6.42 Å². The lowest BCUT2D eigenvalue weighted by molar-refractivity contribution is 0.144. The Labute approximate surface area is 105 Å². The van der Waals surface area contributed by atoms with Gasteiger partial charge in [0.1, 0.15) is 11.6 Å². The number of rotatable bonds is 6. The van der Waals surface area contributed by atoms with E-state index in [4.69, 9.17) is 0 Å². The molecule has 5 heteroatoms. The fourth-order valence-electron chi connectivity index (χ4n) is 1.84. The van der Waals surface area contributed by atoms with E-state index >= 15 is 0 Å². The number of halogens is 2. The van der Waals surface area contributed by atoms with E-state index in [1.165, 1.54) is 6.07 Å². The minimum Gasteiger partial charge on any atom is -0.393 e. The van der Waals surface area contributed by atoms with Gasteiger partial charge < -0.3 is 15.5 Å². The van der Waals surface area contributed by atoms with Crippen molar-refractivity contribution in [1.29, 1.82) is 0 Å². The van der Waals surface area contributed by atoms with Gasteiger partial charge in [0.25, 0.3) is 0 Å². The maximum atomic E-state index is 13.4. The zero-order valence-corrected chi connectivity index (χ0v) is 10.5. The molecule has 1 aromatic rings. The molecule has 0 radical (unpaired) electrons. The predicted molar refractivity (Wildman–Crippen MR) is 65.1 cm³/mol. The lowest BCUT2D eigenvalue weighted by Crippen LogP contribution is -2.33. The van der Waals surface area contributed by atoms with Crippen molar-refractivity contribution < 1.29 is 19.0 Å². The second-order valence-electron chi connectivity index (χ2n) is 4.55. The molecular formula is C13H19F2NO2. The number of hydrogen-bond acceptors (Lipinski definition) is 3. The van der Waals surface area contributed by atoms with Crippen molar-refractivity contribution in [2.75, 3.05) is 6.54 Å². The Morgan fingerprint density at radius 3 is 2.22 bits per heavy atom. The van der Waals surface area contributed by atoms with Crippen LogP contribution in [0.2, 0.25) is 0 Å². The Morgan fingerprint density at radius 2 is 1.72 bits per heavy atom. The van der Waals surface area contributed by atoms with Crippen LogP contribution in [0.25, 0.3) is 0 Å². The van der Waals surface area contributed by atoms with Crippen molar-refractivity contribution in [3.05, 3.63) is 35.4 Å². The number of aliphatic hydroxyl groups is 2. The zero-order valence-electron chi connectivity index (χ0n) is 10.5. The van der Waals surface area contributed by atoms with Gasteiger partial charge in [0.05, 0.1) is 17.8 Å². The van der Waals surface area contributed by atoms with Gasteiger partial charge in [-0.05, 0) is 32.4 Å². The molecule has 0 saturated heterocycles. The molecule has 0 fully saturated rings. The van der Waals surface area contributed by atoms with E-state index < -0.39 is 23.8 Å². The summed E-state index contributed by atoms with van der Waals surface area (Å²) in [5.74, 6) is -1.51. The minimum absolute atomic E-state index is 0.0335. The van der Waals surface area contributed by atoms with Gasteiger partial charge in [-0.3, -0.25) is 0 Å². The quantitative estimate of drug-likeness (QED) is 0.729. The van der Waals surface area contributed by atoms with Crippen molar-refractivity contribution in [1.82, 2.24) is 5.32 Å². The molecule has 0 aliphatic rings. The van der Waals surface area contributed by atoms with Crippen molar-refractivity contribution in [3.8, 4) is 0 Å². The third-order valence-electron chi connectivity index (χ3n) is 2.69. The van der Waals surface area contributed by atoms with E-state index in [0.717, 1.165) is 12.1 Å². The van der Waals surface area contributed by atoms with Crippen LogP contribution in [0, 0.1) is 11.6 Å². The van der Waals surface area contributed by atoms with Crippen LogP contribution in [-0.2, 0) is 0 Å². The molecule has 0 amide bonds. The molecule has 0 bridgehead atoms.